The highest BCUT2D eigenvalue weighted by molar-refractivity contribution is 5.69. The summed E-state index contributed by atoms with van der Waals surface area (Å²) >= 11 is 0. The topological polar surface area (TPSA) is 49.8 Å². The lowest BCUT2D eigenvalue weighted by molar-refractivity contribution is -0.0965. The van der Waals surface area contributed by atoms with E-state index in [0.717, 1.165) is 24.8 Å². The van der Waals surface area contributed by atoms with Crippen LogP contribution in [0.3, 0.4) is 0 Å². The minimum atomic E-state index is -1.03. The van der Waals surface area contributed by atoms with Crippen LogP contribution in [0.2, 0.25) is 0 Å². The van der Waals surface area contributed by atoms with Crippen LogP contribution in [0.15, 0.2) is 12.1 Å². The summed E-state index contributed by atoms with van der Waals surface area (Å²) in [5.41, 5.74) is 0.290. The summed E-state index contributed by atoms with van der Waals surface area (Å²) in [4.78, 5) is 14.5. The van der Waals surface area contributed by atoms with E-state index in [4.69, 9.17) is 4.74 Å². The van der Waals surface area contributed by atoms with Crippen molar-refractivity contribution >= 4 is 6.09 Å². The van der Waals surface area contributed by atoms with Gasteiger partial charge in [-0.1, -0.05) is 12.1 Å². The zero-order chi connectivity index (χ0) is 19.3. The number of hydrogen-bond donors (Lipinski definition) is 1. The molecule has 1 amide bonds. The number of piperidine rings is 2. The van der Waals surface area contributed by atoms with Crippen LogP contribution >= 0.6 is 0 Å². The lowest BCUT2D eigenvalue weighted by Gasteiger charge is -2.52. The van der Waals surface area contributed by atoms with Gasteiger partial charge in [0.2, 0.25) is 0 Å². The maximum atomic E-state index is 14.0. The quantitative estimate of drug-likeness (QED) is 0.794. The lowest BCUT2D eigenvalue weighted by Crippen LogP contribution is -2.59. The van der Waals surface area contributed by atoms with E-state index in [1.54, 1.807) is 26.0 Å². The Hall–Kier alpha value is -1.62. The number of carbonyl (C=O) groups excluding carboxylic acids is 1. The molecule has 2 aliphatic rings. The van der Waals surface area contributed by atoms with Crippen LogP contribution in [0.1, 0.15) is 69.6 Å². The van der Waals surface area contributed by atoms with Gasteiger partial charge in [0.1, 0.15) is 11.4 Å². The number of aliphatic hydroxyl groups is 1. The third-order valence-electron chi connectivity index (χ3n) is 5.59. The normalized spacial score (nSPS) is 28.8. The van der Waals surface area contributed by atoms with Crippen LogP contribution in [-0.4, -0.2) is 33.8 Å². The van der Waals surface area contributed by atoms with Crippen LogP contribution in [0.4, 0.5) is 9.18 Å². The lowest BCUT2D eigenvalue weighted by atomic mass is 9.72. The van der Waals surface area contributed by atoms with Crippen molar-refractivity contribution in [3.63, 3.8) is 0 Å². The minimum Gasteiger partial charge on any atom is -0.444 e. The SMILES string of the molecule is Cc1cc(C2(O)CC3CCCC(C2)N3C(=O)OC(C)(C)C)cc(C)c1F. The first-order valence-electron chi connectivity index (χ1n) is 9.51. The molecule has 5 heteroatoms. The van der Waals surface area contributed by atoms with Gasteiger partial charge in [-0.2, -0.15) is 0 Å². The maximum absolute atomic E-state index is 14.0. The highest BCUT2D eigenvalue weighted by Gasteiger charge is 2.49. The highest BCUT2D eigenvalue weighted by atomic mass is 19.1. The van der Waals surface area contributed by atoms with Crippen molar-refractivity contribution in [1.29, 1.82) is 0 Å². The number of rotatable bonds is 1. The van der Waals surface area contributed by atoms with Crippen molar-refractivity contribution in [1.82, 2.24) is 4.90 Å². The summed E-state index contributed by atoms with van der Waals surface area (Å²) in [7, 11) is 0. The summed E-state index contributed by atoms with van der Waals surface area (Å²) in [6.45, 7) is 9.05. The Morgan fingerprint density at radius 1 is 1.19 bits per heavy atom. The summed E-state index contributed by atoms with van der Waals surface area (Å²) in [5, 5.41) is 11.4. The van der Waals surface area contributed by atoms with E-state index in [-0.39, 0.29) is 24.0 Å². The molecule has 1 aromatic rings. The van der Waals surface area contributed by atoms with Crippen molar-refractivity contribution in [2.24, 2.45) is 0 Å². The van der Waals surface area contributed by atoms with Gasteiger partial charge in [-0.15, -0.1) is 0 Å². The van der Waals surface area contributed by atoms with Gasteiger partial charge in [-0.3, -0.25) is 0 Å². The number of aryl methyl sites for hydroxylation is 2. The van der Waals surface area contributed by atoms with Gasteiger partial charge < -0.3 is 14.7 Å². The fourth-order valence-corrected chi connectivity index (χ4v) is 4.49. The molecule has 1 aromatic carbocycles. The first kappa shape index (κ1) is 19.2. The number of hydrogen-bond acceptors (Lipinski definition) is 3. The van der Waals surface area contributed by atoms with E-state index in [2.05, 4.69) is 0 Å². The summed E-state index contributed by atoms with van der Waals surface area (Å²) in [6.07, 6.45) is 3.40. The molecule has 2 atom stereocenters. The van der Waals surface area contributed by atoms with Crippen molar-refractivity contribution in [2.45, 2.75) is 90.0 Å². The van der Waals surface area contributed by atoms with E-state index in [1.165, 1.54) is 0 Å². The Bertz CT molecular complexity index is 673. The van der Waals surface area contributed by atoms with Crippen molar-refractivity contribution in [3.05, 3.63) is 34.6 Å². The second kappa shape index (κ2) is 6.52. The predicted octanol–water partition coefficient (Wildman–Crippen LogP) is 4.58. The van der Waals surface area contributed by atoms with Crippen molar-refractivity contribution < 1.29 is 19.0 Å². The zero-order valence-corrected chi connectivity index (χ0v) is 16.4. The number of halogens is 1. The first-order chi connectivity index (χ1) is 12.0. The number of nitrogens with zero attached hydrogens (tertiary/aromatic N) is 1. The Morgan fingerprint density at radius 2 is 1.69 bits per heavy atom. The molecule has 0 saturated carbocycles. The molecule has 2 bridgehead atoms. The molecule has 144 valence electrons. The number of benzene rings is 1. The molecule has 2 aliphatic heterocycles. The van der Waals surface area contributed by atoms with Crippen LogP contribution in [0.5, 0.6) is 0 Å². The van der Waals surface area contributed by atoms with Crippen molar-refractivity contribution in [2.75, 3.05) is 0 Å². The third-order valence-corrected chi connectivity index (χ3v) is 5.59. The zero-order valence-electron chi connectivity index (χ0n) is 16.4. The van der Waals surface area contributed by atoms with E-state index >= 15 is 0 Å². The second-order valence-electron chi connectivity index (χ2n) is 8.99. The van der Waals surface area contributed by atoms with Crippen LogP contribution in [0.25, 0.3) is 0 Å². The molecule has 0 spiro atoms. The summed E-state index contributed by atoms with van der Waals surface area (Å²) in [5.74, 6) is -0.219. The van der Waals surface area contributed by atoms with Gasteiger partial charge in [0.05, 0.1) is 5.60 Å². The largest absolute Gasteiger partial charge is 0.444 e. The average molecular weight is 363 g/mol. The molecule has 0 aliphatic carbocycles. The molecule has 2 fully saturated rings. The fraction of sp³-hybridized carbons (Fsp3) is 0.667. The number of amides is 1. The number of ether oxygens (including phenoxy) is 1. The number of carbonyl (C=O) groups is 1. The van der Waals surface area contributed by atoms with Gasteiger partial charge >= 0.3 is 6.09 Å². The highest BCUT2D eigenvalue weighted by Crippen LogP contribution is 2.45. The van der Waals surface area contributed by atoms with Crippen LogP contribution in [-0.2, 0) is 10.3 Å². The Morgan fingerprint density at radius 3 is 2.15 bits per heavy atom. The average Bonchev–Trinajstić information content (AvgIpc) is 2.49. The molecule has 3 rings (SSSR count). The van der Waals surface area contributed by atoms with Crippen LogP contribution in [0, 0.1) is 19.7 Å². The standard InChI is InChI=1S/C21H30FNO3/c1-13-9-15(10-14(2)18(13)22)21(25)11-16-7-6-8-17(12-21)23(16)19(24)26-20(3,4)5/h9-10,16-17,25H,6-8,11-12H2,1-5H3. The fourth-order valence-electron chi connectivity index (χ4n) is 4.49. The summed E-state index contributed by atoms with van der Waals surface area (Å²) in [6, 6.07) is 3.41. The smallest absolute Gasteiger partial charge is 0.410 e. The van der Waals surface area contributed by atoms with Gasteiger partial charge in [-0.25, -0.2) is 9.18 Å². The molecule has 0 radical (unpaired) electrons. The Kier molecular flexibility index (Phi) is 4.80. The minimum absolute atomic E-state index is 0.0481. The van der Waals surface area contributed by atoms with Gasteiger partial charge in [0.25, 0.3) is 0 Å². The number of fused-ring (bicyclic) bond motifs is 2. The molecule has 1 N–H and O–H groups in total. The predicted molar refractivity (Wildman–Crippen MR) is 98.5 cm³/mol. The second-order valence-corrected chi connectivity index (χ2v) is 8.99. The molecule has 4 nitrogen and oxygen atoms in total. The molecule has 2 saturated heterocycles. The first-order valence-corrected chi connectivity index (χ1v) is 9.51. The molecular weight excluding hydrogens is 333 g/mol. The maximum Gasteiger partial charge on any atom is 0.410 e. The van der Waals surface area contributed by atoms with Gasteiger partial charge in [0, 0.05) is 24.9 Å². The van der Waals surface area contributed by atoms with E-state index < -0.39 is 11.2 Å². The Labute approximate surface area is 155 Å². The van der Waals surface area contributed by atoms with Gasteiger partial charge in [0.15, 0.2) is 0 Å². The molecule has 2 unspecified atom stereocenters. The van der Waals surface area contributed by atoms with E-state index in [1.807, 2.05) is 25.7 Å². The van der Waals surface area contributed by atoms with Crippen LogP contribution < -0.4 is 0 Å². The van der Waals surface area contributed by atoms with E-state index in [0.29, 0.717) is 24.0 Å². The molecular formula is C21H30FNO3. The molecule has 26 heavy (non-hydrogen) atoms. The molecule has 2 heterocycles. The third kappa shape index (κ3) is 3.59. The van der Waals surface area contributed by atoms with E-state index in [9.17, 15) is 14.3 Å². The van der Waals surface area contributed by atoms with Crippen molar-refractivity contribution in [3.8, 4) is 0 Å². The summed E-state index contributed by atoms with van der Waals surface area (Å²) < 4.78 is 19.6. The van der Waals surface area contributed by atoms with Gasteiger partial charge in [-0.05, 0) is 70.6 Å². The Balaban J connectivity index is 1.88. The molecule has 0 aromatic heterocycles. The monoisotopic (exact) mass is 363 g/mol.